The quantitative estimate of drug-likeness (QED) is 0.465. The van der Waals surface area contributed by atoms with Crippen molar-refractivity contribution in [3.8, 4) is 0 Å². The molecule has 1 fully saturated rings. The van der Waals surface area contributed by atoms with Gasteiger partial charge in [-0.1, -0.05) is 24.4 Å². The van der Waals surface area contributed by atoms with E-state index in [1.165, 1.54) is 11.2 Å². The number of aromatic nitrogens is 1. The molecule has 1 aromatic carbocycles. The van der Waals surface area contributed by atoms with Gasteiger partial charge in [0.2, 0.25) is 0 Å². The van der Waals surface area contributed by atoms with Gasteiger partial charge >= 0.3 is 0 Å². The fourth-order valence-corrected chi connectivity index (χ4v) is 4.76. The van der Waals surface area contributed by atoms with Crippen molar-refractivity contribution in [2.75, 3.05) is 10.6 Å². The van der Waals surface area contributed by atoms with Crippen LogP contribution in [0.3, 0.4) is 0 Å². The van der Waals surface area contributed by atoms with Gasteiger partial charge < -0.3 is 21.2 Å². The van der Waals surface area contributed by atoms with E-state index in [1.807, 2.05) is 0 Å². The molecule has 0 radical (unpaired) electrons. The highest BCUT2D eigenvalue weighted by molar-refractivity contribution is 7.09. The number of carbonyl (C=O) groups excluding carboxylic acids is 3. The molecule has 9 nitrogen and oxygen atoms in total. The van der Waals surface area contributed by atoms with Gasteiger partial charge in [-0.3, -0.25) is 19.3 Å². The van der Waals surface area contributed by atoms with Crippen LogP contribution in [0.15, 0.2) is 47.1 Å². The molecule has 3 amide bonds. The zero-order valence-electron chi connectivity index (χ0n) is 17.5. The SMILES string of the molecule is NC(=O)c1nsc(C(=O)N(c2ccc(Cl)cc2)C(C(=O)NC2CCCC2)c2ccco2)c1N. The Kier molecular flexibility index (Phi) is 6.66. The number of furan rings is 1. The van der Waals surface area contributed by atoms with Gasteiger partial charge in [-0.25, -0.2) is 0 Å². The molecule has 172 valence electrons. The van der Waals surface area contributed by atoms with Crippen LogP contribution in [0.2, 0.25) is 5.02 Å². The minimum Gasteiger partial charge on any atom is -0.467 e. The average Bonchev–Trinajstić information content (AvgIpc) is 3.54. The van der Waals surface area contributed by atoms with E-state index < -0.39 is 23.8 Å². The Hall–Kier alpha value is -3.37. The second-order valence-electron chi connectivity index (χ2n) is 7.70. The number of hydrogen-bond donors (Lipinski definition) is 3. The van der Waals surface area contributed by atoms with Crippen molar-refractivity contribution in [1.29, 1.82) is 0 Å². The topological polar surface area (TPSA) is 145 Å². The number of nitrogens with two attached hydrogens (primary N) is 2. The fraction of sp³-hybridized carbons (Fsp3) is 0.273. The van der Waals surface area contributed by atoms with Gasteiger partial charge in [-0.15, -0.1) is 0 Å². The second kappa shape index (κ2) is 9.63. The summed E-state index contributed by atoms with van der Waals surface area (Å²) in [7, 11) is 0. The summed E-state index contributed by atoms with van der Waals surface area (Å²) in [6.45, 7) is 0. The molecular formula is C22H22ClN5O4S. The molecule has 1 aliphatic rings. The first kappa shape index (κ1) is 22.8. The van der Waals surface area contributed by atoms with Gasteiger partial charge in [0.1, 0.15) is 10.6 Å². The molecule has 3 aromatic rings. The van der Waals surface area contributed by atoms with Crippen LogP contribution in [0, 0.1) is 0 Å². The summed E-state index contributed by atoms with van der Waals surface area (Å²) in [5.74, 6) is -1.59. The lowest BCUT2D eigenvalue weighted by Crippen LogP contribution is -2.46. The molecule has 1 saturated carbocycles. The van der Waals surface area contributed by atoms with E-state index in [0.29, 0.717) is 10.7 Å². The maximum Gasteiger partial charge on any atom is 0.273 e. The molecule has 0 aliphatic heterocycles. The Balaban J connectivity index is 1.80. The summed E-state index contributed by atoms with van der Waals surface area (Å²) in [6.07, 6.45) is 5.24. The smallest absolute Gasteiger partial charge is 0.273 e. The number of carbonyl (C=O) groups is 3. The van der Waals surface area contributed by atoms with Gasteiger partial charge in [-0.05, 0) is 60.8 Å². The lowest BCUT2D eigenvalue weighted by atomic mass is 10.1. The van der Waals surface area contributed by atoms with Crippen LogP contribution in [-0.2, 0) is 4.79 Å². The molecule has 4 rings (SSSR count). The van der Waals surface area contributed by atoms with Gasteiger partial charge in [0.05, 0.1) is 12.0 Å². The normalized spacial score (nSPS) is 14.7. The van der Waals surface area contributed by atoms with Crippen molar-refractivity contribution in [3.05, 3.63) is 64.0 Å². The van der Waals surface area contributed by atoms with Crippen LogP contribution >= 0.6 is 23.1 Å². The summed E-state index contributed by atoms with van der Waals surface area (Å²) in [5.41, 5.74) is 11.4. The Labute approximate surface area is 198 Å². The first-order valence-electron chi connectivity index (χ1n) is 10.3. The summed E-state index contributed by atoms with van der Waals surface area (Å²) >= 11 is 6.79. The molecule has 0 saturated heterocycles. The average molecular weight is 488 g/mol. The Morgan fingerprint density at radius 2 is 1.88 bits per heavy atom. The van der Waals surface area contributed by atoms with Crippen molar-refractivity contribution in [3.63, 3.8) is 0 Å². The Morgan fingerprint density at radius 3 is 2.45 bits per heavy atom. The zero-order valence-corrected chi connectivity index (χ0v) is 19.1. The lowest BCUT2D eigenvalue weighted by Gasteiger charge is -2.30. The molecule has 1 unspecified atom stereocenters. The van der Waals surface area contributed by atoms with E-state index in [1.54, 1.807) is 36.4 Å². The van der Waals surface area contributed by atoms with Gasteiger partial charge in [0, 0.05) is 16.8 Å². The zero-order chi connectivity index (χ0) is 23.5. The molecular weight excluding hydrogens is 466 g/mol. The van der Waals surface area contributed by atoms with Crippen LogP contribution < -0.4 is 21.7 Å². The molecule has 0 spiro atoms. The van der Waals surface area contributed by atoms with Crippen molar-refractivity contribution < 1.29 is 18.8 Å². The third-order valence-electron chi connectivity index (χ3n) is 5.50. The van der Waals surface area contributed by atoms with Crippen molar-refractivity contribution in [2.45, 2.75) is 37.8 Å². The lowest BCUT2D eigenvalue weighted by molar-refractivity contribution is -0.123. The maximum absolute atomic E-state index is 13.8. The number of rotatable bonds is 7. The van der Waals surface area contributed by atoms with E-state index in [2.05, 4.69) is 9.69 Å². The second-order valence-corrected chi connectivity index (χ2v) is 8.91. The Morgan fingerprint density at radius 1 is 1.18 bits per heavy atom. The molecule has 33 heavy (non-hydrogen) atoms. The number of nitrogens with zero attached hydrogens (tertiary/aromatic N) is 2. The number of nitrogens with one attached hydrogen (secondary N) is 1. The monoisotopic (exact) mass is 487 g/mol. The standard InChI is InChI=1S/C22H22ClN5O4S/c23-12-7-9-14(10-8-12)28(22(31)19-16(24)17(20(25)29)27-33-19)18(15-6-3-11-32-15)21(30)26-13-4-1-2-5-13/h3,6-11,13,18H,1-2,4-5,24H2,(H2,25,29)(H,26,30). The third kappa shape index (κ3) is 4.71. The predicted molar refractivity (Wildman–Crippen MR) is 125 cm³/mol. The fourth-order valence-electron chi connectivity index (χ4n) is 3.89. The number of halogens is 1. The van der Waals surface area contributed by atoms with E-state index in [0.717, 1.165) is 37.2 Å². The van der Waals surface area contributed by atoms with Gasteiger partial charge in [-0.2, -0.15) is 4.37 Å². The van der Waals surface area contributed by atoms with Gasteiger partial charge in [0.15, 0.2) is 11.7 Å². The summed E-state index contributed by atoms with van der Waals surface area (Å²) < 4.78 is 9.49. The van der Waals surface area contributed by atoms with Gasteiger partial charge in [0.25, 0.3) is 17.7 Å². The van der Waals surface area contributed by atoms with E-state index >= 15 is 0 Å². The van der Waals surface area contributed by atoms with Crippen molar-refractivity contribution in [1.82, 2.24) is 9.69 Å². The molecule has 11 heteroatoms. The maximum atomic E-state index is 13.8. The first-order valence-corrected chi connectivity index (χ1v) is 11.5. The highest BCUT2D eigenvalue weighted by Gasteiger charge is 2.38. The molecule has 1 aliphatic carbocycles. The molecule has 2 heterocycles. The molecule has 5 N–H and O–H groups in total. The van der Waals surface area contributed by atoms with Crippen LogP contribution in [-0.4, -0.2) is 28.1 Å². The third-order valence-corrected chi connectivity index (χ3v) is 6.60. The molecule has 0 bridgehead atoms. The summed E-state index contributed by atoms with van der Waals surface area (Å²) in [5, 5.41) is 3.50. The summed E-state index contributed by atoms with van der Waals surface area (Å²) in [4.78, 5) is 40.2. The highest BCUT2D eigenvalue weighted by atomic mass is 35.5. The number of hydrogen-bond acceptors (Lipinski definition) is 7. The largest absolute Gasteiger partial charge is 0.467 e. The van der Waals surface area contributed by atoms with E-state index in [-0.39, 0.29) is 28.1 Å². The van der Waals surface area contributed by atoms with E-state index in [4.69, 9.17) is 27.5 Å². The van der Waals surface area contributed by atoms with E-state index in [9.17, 15) is 14.4 Å². The number of amides is 3. The molecule has 2 aromatic heterocycles. The van der Waals surface area contributed by atoms with Crippen LogP contribution in [0.5, 0.6) is 0 Å². The number of anilines is 2. The van der Waals surface area contributed by atoms with Crippen molar-refractivity contribution >= 4 is 52.2 Å². The van der Waals surface area contributed by atoms with Crippen LogP contribution in [0.25, 0.3) is 0 Å². The summed E-state index contributed by atoms with van der Waals surface area (Å²) in [6, 6.07) is 8.60. The Bertz CT molecular complexity index is 1160. The highest BCUT2D eigenvalue weighted by Crippen LogP contribution is 2.34. The van der Waals surface area contributed by atoms with Crippen molar-refractivity contribution in [2.24, 2.45) is 5.73 Å². The molecule has 1 atom stereocenters. The number of nitrogen functional groups attached to an aromatic ring is 1. The van der Waals surface area contributed by atoms with Crippen LogP contribution in [0.1, 0.15) is 57.6 Å². The number of primary amides is 1. The predicted octanol–water partition coefficient (Wildman–Crippen LogP) is 3.52. The number of benzene rings is 1. The minimum absolute atomic E-state index is 0.0102. The first-order chi connectivity index (χ1) is 15.9. The van der Waals surface area contributed by atoms with Crippen LogP contribution in [0.4, 0.5) is 11.4 Å². The minimum atomic E-state index is -1.13.